The van der Waals surface area contributed by atoms with Crippen LogP contribution in [0.4, 0.5) is 0 Å². The lowest BCUT2D eigenvalue weighted by Gasteiger charge is -1.93. The number of hydrogen-bond acceptors (Lipinski definition) is 1. The van der Waals surface area contributed by atoms with E-state index in [9.17, 15) is 4.79 Å². The zero-order chi connectivity index (χ0) is 8.53. The number of carbonyl (C=O) groups is 1. The van der Waals surface area contributed by atoms with Crippen molar-refractivity contribution in [3.63, 3.8) is 0 Å². The van der Waals surface area contributed by atoms with Crippen LogP contribution in [0, 0.1) is 0 Å². The Morgan fingerprint density at radius 1 is 1.45 bits per heavy atom. The first-order valence-corrected chi connectivity index (χ1v) is 4.57. The van der Waals surface area contributed by atoms with Crippen molar-refractivity contribution in [2.75, 3.05) is 5.33 Å². The molecule has 5 heteroatoms. The van der Waals surface area contributed by atoms with Gasteiger partial charge in [-0.3, -0.25) is 4.79 Å². The van der Waals surface area contributed by atoms with Gasteiger partial charge in [-0.2, -0.15) is 0 Å². The van der Waals surface area contributed by atoms with E-state index in [0.717, 1.165) is 24.6 Å². The van der Waals surface area contributed by atoms with Gasteiger partial charge in [0.2, 0.25) is 5.91 Å². The van der Waals surface area contributed by atoms with Gasteiger partial charge in [-0.25, -0.2) is 0 Å². The third-order valence-corrected chi connectivity index (χ3v) is 1.74. The van der Waals surface area contributed by atoms with Crippen molar-refractivity contribution in [3.05, 3.63) is 10.4 Å². The summed E-state index contributed by atoms with van der Waals surface area (Å²) in [6, 6.07) is 0. The van der Waals surface area contributed by atoms with E-state index in [4.69, 9.17) is 5.53 Å². The smallest absolute Gasteiger partial charge is 0.218 e. The van der Waals surface area contributed by atoms with Crippen molar-refractivity contribution in [3.8, 4) is 0 Å². The van der Waals surface area contributed by atoms with Gasteiger partial charge in [0.25, 0.3) is 0 Å². The molecule has 4 nitrogen and oxygen atoms in total. The summed E-state index contributed by atoms with van der Waals surface area (Å²) in [5.74, 6) is -0.359. The van der Waals surface area contributed by atoms with Gasteiger partial charge in [0.05, 0.1) is 0 Å². The standard InChI is InChI=1S/C6H10BrN3O/c7-5-3-1-2-4-6(11)9-10-8/h1-5H2. The summed E-state index contributed by atoms with van der Waals surface area (Å²) in [5.41, 5.74) is 7.87. The maximum Gasteiger partial charge on any atom is 0.218 e. The molecule has 0 aliphatic rings. The molecule has 0 aromatic heterocycles. The fraction of sp³-hybridized carbons (Fsp3) is 0.833. The van der Waals surface area contributed by atoms with Crippen LogP contribution < -0.4 is 0 Å². The van der Waals surface area contributed by atoms with Crippen molar-refractivity contribution in [1.29, 1.82) is 0 Å². The van der Waals surface area contributed by atoms with Crippen LogP contribution in [0.15, 0.2) is 5.11 Å². The molecule has 62 valence electrons. The first-order chi connectivity index (χ1) is 5.31. The van der Waals surface area contributed by atoms with E-state index >= 15 is 0 Å². The van der Waals surface area contributed by atoms with Gasteiger partial charge in [-0.15, -0.1) is 0 Å². The Kier molecular flexibility index (Phi) is 7.19. The van der Waals surface area contributed by atoms with Crippen LogP contribution >= 0.6 is 15.9 Å². The highest BCUT2D eigenvalue weighted by Crippen LogP contribution is 2.02. The zero-order valence-corrected chi connectivity index (χ0v) is 7.75. The van der Waals surface area contributed by atoms with Crippen molar-refractivity contribution in [1.82, 2.24) is 0 Å². The summed E-state index contributed by atoms with van der Waals surface area (Å²) in [7, 11) is 0. The molecule has 0 spiro atoms. The van der Waals surface area contributed by atoms with E-state index in [1.165, 1.54) is 0 Å². The molecule has 0 aliphatic heterocycles. The number of azide groups is 1. The first-order valence-electron chi connectivity index (χ1n) is 3.45. The normalized spacial score (nSPS) is 8.82. The minimum atomic E-state index is -0.359. The number of hydrogen-bond donors (Lipinski definition) is 0. The summed E-state index contributed by atoms with van der Waals surface area (Å²) in [6.07, 6.45) is 3.24. The first kappa shape index (κ1) is 10.5. The van der Waals surface area contributed by atoms with Gasteiger partial charge in [0.15, 0.2) is 0 Å². The number of carbonyl (C=O) groups excluding carboxylic acids is 1. The largest absolute Gasteiger partial charge is 0.293 e. The summed E-state index contributed by atoms with van der Waals surface area (Å²) >= 11 is 3.28. The third kappa shape index (κ3) is 7.36. The molecule has 0 unspecified atom stereocenters. The fourth-order valence-corrected chi connectivity index (χ4v) is 1.04. The van der Waals surface area contributed by atoms with Gasteiger partial charge in [-0.05, 0) is 23.5 Å². The maximum atomic E-state index is 10.6. The van der Waals surface area contributed by atoms with E-state index < -0.39 is 0 Å². The van der Waals surface area contributed by atoms with E-state index in [1.807, 2.05) is 0 Å². The van der Waals surface area contributed by atoms with Gasteiger partial charge < -0.3 is 0 Å². The van der Waals surface area contributed by atoms with Crippen LogP contribution in [0.3, 0.4) is 0 Å². The number of rotatable bonds is 5. The topological polar surface area (TPSA) is 65.8 Å². The lowest BCUT2D eigenvalue weighted by Crippen LogP contribution is -1.90. The van der Waals surface area contributed by atoms with Gasteiger partial charge in [-0.1, -0.05) is 22.4 Å². The second-order valence-electron chi connectivity index (χ2n) is 2.08. The van der Waals surface area contributed by atoms with Crippen LogP contribution in [0.2, 0.25) is 0 Å². The Labute approximate surface area is 73.7 Å². The molecule has 0 fully saturated rings. The molecule has 1 amide bonds. The Bertz CT molecular complexity index is 165. The molecular weight excluding hydrogens is 210 g/mol. The molecule has 0 N–H and O–H groups in total. The number of halogens is 1. The summed E-state index contributed by atoms with van der Waals surface area (Å²) in [5, 5.41) is 3.91. The highest BCUT2D eigenvalue weighted by molar-refractivity contribution is 9.09. The summed E-state index contributed by atoms with van der Waals surface area (Å²) in [4.78, 5) is 13.0. The van der Waals surface area contributed by atoms with Crippen molar-refractivity contribution in [2.24, 2.45) is 5.11 Å². The molecule has 0 heterocycles. The number of amides is 1. The zero-order valence-electron chi connectivity index (χ0n) is 6.16. The van der Waals surface area contributed by atoms with E-state index in [2.05, 4.69) is 26.0 Å². The predicted molar refractivity (Wildman–Crippen MR) is 46.4 cm³/mol. The molecule has 0 saturated carbocycles. The molecule has 0 aromatic rings. The van der Waals surface area contributed by atoms with Crippen LogP contribution in [0.5, 0.6) is 0 Å². The highest BCUT2D eigenvalue weighted by atomic mass is 79.9. The molecule has 0 aromatic carbocycles. The highest BCUT2D eigenvalue weighted by Gasteiger charge is 1.96. The predicted octanol–water partition coefficient (Wildman–Crippen LogP) is 2.78. The fourth-order valence-electron chi connectivity index (χ4n) is 0.647. The van der Waals surface area contributed by atoms with Crippen molar-refractivity contribution >= 4 is 21.8 Å². The van der Waals surface area contributed by atoms with Crippen LogP contribution in [0.1, 0.15) is 25.7 Å². The monoisotopic (exact) mass is 219 g/mol. The average molecular weight is 220 g/mol. The maximum absolute atomic E-state index is 10.6. The average Bonchev–Trinajstić information content (AvgIpc) is 1.99. The molecule has 0 radical (unpaired) electrons. The Morgan fingerprint density at radius 2 is 2.18 bits per heavy atom. The lowest BCUT2D eigenvalue weighted by molar-refractivity contribution is -0.118. The minimum Gasteiger partial charge on any atom is -0.293 e. The Morgan fingerprint density at radius 3 is 2.73 bits per heavy atom. The Hall–Kier alpha value is -0.540. The van der Waals surface area contributed by atoms with Crippen LogP contribution in [-0.4, -0.2) is 11.2 Å². The van der Waals surface area contributed by atoms with Crippen LogP contribution in [0.25, 0.3) is 10.4 Å². The molecule has 0 bridgehead atoms. The summed E-state index contributed by atoms with van der Waals surface area (Å²) in [6.45, 7) is 0. The van der Waals surface area contributed by atoms with Crippen molar-refractivity contribution < 1.29 is 4.79 Å². The molecule has 0 rings (SSSR count). The molecule has 0 saturated heterocycles. The second kappa shape index (κ2) is 7.57. The minimum absolute atomic E-state index is 0.359. The Balaban J connectivity index is 3.24. The van der Waals surface area contributed by atoms with Gasteiger partial charge in [0.1, 0.15) is 0 Å². The van der Waals surface area contributed by atoms with E-state index in [1.54, 1.807) is 0 Å². The number of unbranched alkanes of at least 4 members (excludes halogenated alkanes) is 2. The summed E-state index contributed by atoms with van der Waals surface area (Å²) < 4.78 is 0. The molecular formula is C6H10BrN3O. The van der Waals surface area contributed by atoms with Gasteiger partial charge >= 0.3 is 0 Å². The molecule has 0 atom stereocenters. The van der Waals surface area contributed by atoms with Crippen molar-refractivity contribution in [2.45, 2.75) is 25.7 Å². The second-order valence-corrected chi connectivity index (χ2v) is 2.88. The van der Waals surface area contributed by atoms with Gasteiger partial charge in [0, 0.05) is 16.7 Å². The quantitative estimate of drug-likeness (QED) is 0.231. The van der Waals surface area contributed by atoms with Crippen LogP contribution in [-0.2, 0) is 4.79 Å². The number of nitrogens with zero attached hydrogens (tertiary/aromatic N) is 3. The van der Waals surface area contributed by atoms with E-state index in [-0.39, 0.29) is 5.91 Å². The lowest BCUT2D eigenvalue weighted by atomic mass is 10.2. The number of alkyl halides is 1. The molecule has 11 heavy (non-hydrogen) atoms. The third-order valence-electron chi connectivity index (χ3n) is 1.18. The molecule has 0 aliphatic carbocycles. The SMILES string of the molecule is [N-]=[N+]=NC(=O)CCCCCBr. The van der Waals surface area contributed by atoms with E-state index in [0.29, 0.717) is 6.42 Å².